The van der Waals surface area contributed by atoms with Crippen molar-refractivity contribution in [2.75, 3.05) is 5.32 Å². The van der Waals surface area contributed by atoms with Crippen molar-refractivity contribution in [3.63, 3.8) is 0 Å². The molecule has 0 amide bonds. The van der Waals surface area contributed by atoms with Crippen LogP contribution < -0.4 is 5.32 Å². The number of hydrogen-bond donors (Lipinski definition) is 1. The molecular formula is C20H21N5OS2. The van der Waals surface area contributed by atoms with Crippen LogP contribution in [0.3, 0.4) is 0 Å². The van der Waals surface area contributed by atoms with Crippen molar-refractivity contribution in [2.45, 2.75) is 49.6 Å². The number of nitrogens with zero attached hydrogens (tertiary/aromatic N) is 4. The van der Waals surface area contributed by atoms with E-state index in [0.29, 0.717) is 29.2 Å². The predicted octanol–water partition coefficient (Wildman–Crippen LogP) is 4.62. The van der Waals surface area contributed by atoms with Crippen molar-refractivity contribution in [3.05, 3.63) is 46.7 Å². The number of carbonyl (C=O) groups excluding carboxylic acids is 1. The maximum Gasteiger partial charge on any atom is 0.233 e. The van der Waals surface area contributed by atoms with E-state index in [4.69, 9.17) is 0 Å². The molecule has 8 heteroatoms. The normalized spacial score (nSPS) is 13.5. The van der Waals surface area contributed by atoms with Gasteiger partial charge < -0.3 is 0 Å². The van der Waals surface area contributed by atoms with Crippen molar-refractivity contribution in [3.8, 4) is 0 Å². The third kappa shape index (κ3) is 4.94. The topological polar surface area (TPSA) is 80.7 Å². The van der Waals surface area contributed by atoms with Crippen LogP contribution in [-0.4, -0.2) is 25.7 Å². The molecule has 3 aromatic rings. The second-order valence-electron chi connectivity index (χ2n) is 6.78. The van der Waals surface area contributed by atoms with Crippen molar-refractivity contribution in [2.24, 2.45) is 5.92 Å². The molecule has 0 bridgehead atoms. The summed E-state index contributed by atoms with van der Waals surface area (Å²) in [5.41, 5.74) is 1.06. The number of hydrogen-bond acceptors (Lipinski definition) is 8. The minimum atomic E-state index is 0.305. The lowest BCUT2D eigenvalue weighted by Crippen LogP contribution is -2.04. The first-order valence-corrected chi connectivity index (χ1v) is 11.0. The molecule has 0 spiro atoms. The number of Topliss-reactive ketones (excluding diaryl/α,β-unsaturated/α-hetero) is 1. The van der Waals surface area contributed by atoms with Gasteiger partial charge in [-0.2, -0.15) is 9.97 Å². The minimum Gasteiger partial charge on any atom is -0.300 e. The molecule has 28 heavy (non-hydrogen) atoms. The summed E-state index contributed by atoms with van der Waals surface area (Å²) >= 11 is 3.05. The lowest BCUT2D eigenvalue weighted by atomic mass is 10.1. The number of thiazole rings is 1. The number of aromatic nitrogens is 4. The van der Waals surface area contributed by atoms with E-state index in [-0.39, 0.29) is 0 Å². The third-order valence-corrected chi connectivity index (χ3v) is 6.06. The van der Waals surface area contributed by atoms with Gasteiger partial charge in [0.15, 0.2) is 10.3 Å². The molecule has 0 radical (unpaired) electrons. The first-order chi connectivity index (χ1) is 13.6. The van der Waals surface area contributed by atoms with Gasteiger partial charge in [-0.3, -0.25) is 10.1 Å². The number of rotatable bonds is 8. The highest BCUT2D eigenvalue weighted by Crippen LogP contribution is 2.31. The molecule has 1 N–H and O–H groups in total. The third-order valence-electron chi connectivity index (χ3n) is 4.36. The van der Waals surface area contributed by atoms with Crippen LogP contribution in [0, 0.1) is 12.8 Å². The number of carbonyl (C=O) groups is 1. The Morgan fingerprint density at radius 1 is 1.21 bits per heavy atom. The molecule has 0 saturated heterocycles. The van der Waals surface area contributed by atoms with E-state index < -0.39 is 0 Å². The molecule has 0 aliphatic heterocycles. The Labute approximate surface area is 172 Å². The largest absolute Gasteiger partial charge is 0.300 e. The van der Waals surface area contributed by atoms with Gasteiger partial charge in [0.2, 0.25) is 5.95 Å². The second kappa shape index (κ2) is 8.36. The molecule has 1 aromatic carbocycles. The van der Waals surface area contributed by atoms with Gasteiger partial charge in [0, 0.05) is 34.7 Å². The smallest absolute Gasteiger partial charge is 0.233 e. The number of aryl methyl sites for hydroxylation is 2. The van der Waals surface area contributed by atoms with E-state index in [1.165, 1.54) is 11.8 Å². The van der Waals surface area contributed by atoms with E-state index in [9.17, 15) is 4.79 Å². The summed E-state index contributed by atoms with van der Waals surface area (Å²) in [7, 11) is 0. The number of nitrogens with one attached hydrogen (secondary N) is 1. The molecular weight excluding hydrogens is 390 g/mol. The molecule has 1 saturated carbocycles. The Morgan fingerprint density at radius 3 is 2.64 bits per heavy atom. The van der Waals surface area contributed by atoms with Crippen LogP contribution in [0.25, 0.3) is 0 Å². The molecule has 0 atom stereocenters. The summed E-state index contributed by atoms with van der Waals surface area (Å²) in [5, 5.41) is 4.58. The van der Waals surface area contributed by atoms with Crippen LogP contribution in [0.4, 0.5) is 11.1 Å². The fraction of sp³-hybridized carbons (Fsp3) is 0.350. The average molecular weight is 412 g/mol. The molecule has 0 unspecified atom stereocenters. The van der Waals surface area contributed by atoms with E-state index in [1.807, 2.05) is 44.3 Å². The van der Waals surface area contributed by atoms with Gasteiger partial charge in [0.25, 0.3) is 0 Å². The summed E-state index contributed by atoms with van der Waals surface area (Å²) < 4.78 is 0. The zero-order valence-corrected chi connectivity index (χ0v) is 17.4. The molecule has 2 heterocycles. The molecule has 6 nitrogen and oxygen atoms in total. The summed E-state index contributed by atoms with van der Waals surface area (Å²) in [6, 6.07) is 8.07. The summed E-state index contributed by atoms with van der Waals surface area (Å²) in [5.74, 6) is 1.91. The molecule has 1 fully saturated rings. The summed E-state index contributed by atoms with van der Waals surface area (Å²) in [4.78, 5) is 31.9. The van der Waals surface area contributed by atoms with E-state index in [1.54, 1.807) is 11.3 Å². The Bertz CT molecular complexity index is 983. The van der Waals surface area contributed by atoms with Crippen LogP contribution in [0.2, 0.25) is 0 Å². The fourth-order valence-corrected chi connectivity index (χ4v) is 4.12. The Kier molecular flexibility index (Phi) is 5.68. The van der Waals surface area contributed by atoms with Crippen molar-refractivity contribution >= 4 is 40.0 Å². The van der Waals surface area contributed by atoms with E-state index >= 15 is 0 Å². The zero-order valence-electron chi connectivity index (χ0n) is 15.8. The lowest BCUT2D eigenvalue weighted by molar-refractivity contribution is -0.119. The molecule has 1 aliphatic carbocycles. The van der Waals surface area contributed by atoms with Crippen LogP contribution in [0.5, 0.6) is 0 Å². The van der Waals surface area contributed by atoms with Crippen LogP contribution in [0.1, 0.15) is 36.0 Å². The Morgan fingerprint density at radius 2 is 2.00 bits per heavy atom. The van der Waals surface area contributed by atoms with E-state index in [2.05, 4.69) is 25.3 Å². The number of anilines is 2. The summed E-state index contributed by atoms with van der Waals surface area (Å²) in [6.45, 7) is 4.03. The van der Waals surface area contributed by atoms with Gasteiger partial charge in [0.05, 0.1) is 0 Å². The number of benzene rings is 1. The van der Waals surface area contributed by atoms with Gasteiger partial charge in [-0.15, -0.1) is 11.3 Å². The van der Waals surface area contributed by atoms with Crippen molar-refractivity contribution in [1.29, 1.82) is 0 Å². The standard InChI is InChI=1S/C20H21N5OS2/c1-3-17-22-18(24-19-21-11-12(2)27-19)25-20(23-17)28-15-8-4-13(5-9-15)10-16(26)14-6-7-14/h4-5,8-9,11,14H,3,6-7,10H2,1-2H3,(H,21,22,23,24,25). The molecule has 2 aromatic heterocycles. The molecule has 4 rings (SSSR count). The number of ketones is 1. The maximum atomic E-state index is 12.0. The van der Waals surface area contributed by atoms with Crippen molar-refractivity contribution in [1.82, 2.24) is 19.9 Å². The first kappa shape index (κ1) is 19.0. The second-order valence-corrected chi connectivity index (χ2v) is 9.05. The van der Waals surface area contributed by atoms with Crippen molar-refractivity contribution < 1.29 is 4.79 Å². The van der Waals surface area contributed by atoms with Gasteiger partial charge >= 0.3 is 0 Å². The average Bonchev–Trinajstić information content (AvgIpc) is 3.46. The maximum absolute atomic E-state index is 12.0. The van der Waals surface area contributed by atoms with Crippen LogP contribution in [-0.2, 0) is 17.6 Å². The highest BCUT2D eigenvalue weighted by Gasteiger charge is 2.28. The highest BCUT2D eigenvalue weighted by atomic mass is 32.2. The monoisotopic (exact) mass is 411 g/mol. The first-order valence-electron chi connectivity index (χ1n) is 9.33. The Balaban J connectivity index is 1.47. The predicted molar refractivity (Wildman–Crippen MR) is 111 cm³/mol. The SMILES string of the molecule is CCc1nc(Nc2ncc(C)s2)nc(Sc2ccc(CC(=O)C3CC3)cc2)n1. The van der Waals surface area contributed by atoms with Crippen LogP contribution in [0.15, 0.2) is 40.5 Å². The van der Waals surface area contributed by atoms with Gasteiger partial charge in [-0.05, 0) is 49.2 Å². The molecule has 144 valence electrons. The van der Waals surface area contributed by atoms with Gasteiger partial charge in [0.1, 0.15) is 11.6 Å². The fourth-order valence-electron chi connectivity index (χ4n) is 2.70. The van der Waals surface area contributed by atoms with Gasteiger partial charge in [-0.1, -0.05) is 19.1 Å². The Hall–Kier alpha value is -2.32. The lowest BCUT2D eigenvalue weighted by Gasteiger charge is -2.07. The van der Waals surface area contributed by atoms with E-state index in [0.717, 1.165) is 45.6 Å². The summed E-state index contributed by atoms with van der Waals surface area (Å²) in [6.07, 6.45) is 5.19. The van der Waals surface area contributed by atoms with Gasteiger partial charge in [-0.25, -0.2) is 9.97 Å². The quantitative estimate of drug-likeness (QED) is 0.579. The molecule has 1 aliphatic rings. The zero-order chi connectivity index (χ0) is 19.5. The minimum absolute atomic E-state index is 0.305. The highest BCUT2D eigenvalue weighted by molar-refractivity contribution is 7.99. The van der Waals surface area contributed by atoms with Crippen LogP contribution >= 0.6 is 23.1 Å².